The summed E-state index contributed by atoms with van der Waals surface area (Å²) in [6.07, 6.45) is 2.01. The number of nitrogens with zero attached hydrogens (tertiary/aromatic N) is 2. The van der Waals surface area contributed by atoms with Gasteiger partial charge in [0.05, 0.1) is 6.61 Å². The average molecular weight is 294 g/mol. The lowest BCUT2D eigenvalue weighted by Crippen LogP contribution is -2.30. The molecule has 6 heteroatoms. The molecule has 0 atom stereocenters. The van der Waals surface area contributed by atoms with Gasteiger partial charge in [0, 0.05) is 51.0 Å². The molecular formula is C15H26N4O2. The number of aromatic nitrogens is 2. The molecule has 1 aliphatic rings. The molecule has 1 aromatic heterocycles. The van der Waals surface area contributed by atoms with Gasteiger partial charge in [-0.2, -0.15) is 5.10 Å². The first-order chi connectivity index (χ1) is 10.1. The van der Waals surface area contributed by atoms with Crippen LogP contribution in [0.5, 0.6) is 0 Å². The van der Waals surface area contributed by atoms with E-state index in [0.29, 0.717) is 24.8 Å². The standard InChI is InChI=1S/C15H26N4O2/c1-11(2)5-8-19-13-4-6-16-10-12(13)14(18-19)15(20)17-7-9-21-3/h11,16H,4-10H2,1-3H3,(H,17,20). The number of fused-ring (bicyclic) bond motifs is 1. The summed E-state index contributed by atoms with van der Waals surface area (Å²) in [5.74, 6) is 0.529. The molecule has 0 radical (unpaired) electrons. The molecule has 1 aromatic rings. The number of carbonyl (C=O) groups excluding carboxylic acids is 1. The Hall–Kier alpha value is -1.40. The largest absolute Gasteiger partial charge is 0.383 e. The minimum Gasteiger partial charge on any atom is -0.383 e. The Morgan fingerprint density at radius 1 is 1.52 bits per heavy atom. The Kier molecular flexibility index (Phi) is 5.76. The zero-order chi connectivity index (χ0) is 15.2. The third kappa shape index (κ3) is 4.04. The van der Waals surface area contributed by atoms with Gasteiger partial charge in [-0.15, -0.1) is 0 Å². The fraction of sp³-hybridized carbons (Fsp3) is 0.733. The highest BCUT2D eigenvalue weighted by molar-refractivity contribution is 5.94. The zero-order valence-corrected chi connectivity index (χ0v) is 13.2. The molecule has 118 valence electrons. The first-order valence-corrected chi connectivity index (χ1v) is 7.70. The van der Waals surface area contributed by atoms with E-state index < -0.39 is 0 Å². The lowest BCUT2D eigenvalue weighted by molar-refractivity contribution is 0.0930. The molecule has 0 saturated carbocycles. The second-order valence-corrected chi connectivity index (χ2v) is 5.85. The summed E-state index contributed by atoms with van der Waals surface area (Å²) < 4.78 is 6.99. The number of carbonyl (C=O) groups is 1. The van der Waals surface area contributed by atoms with Gasteiger partial charge in [-0.3, -0.25) is 9.48 Å². The average Bonchev–Trinajstić information content (AvgIpc) is 2.84. The van der Waals surface area contributed by atoms with E-state index in [2.05, 4.69) is 29.6 Å². The van der Waals surface area contributed by atoms with Crippen molar-refractivity contribution in [3.63, 3.8) is 0 Å². The summed E-state index contributed by atoms with van der Waals surface area (Å²) in [5, 5.41) is 10.8. The van der Waals surface area contributed by atoms with Crippen molar-refractivity contribution in [3.05, 3.63) is 17.0 Å². The fourth-order valence-electron chi connectivity index (χ4n) is 2.52. The Bertz CT molecular complexity index is 482. The smallest absolute Gasteiger partial charge is 0.272 e. The van der Waals surface area contributed by atoms with Gasteiger partial charge in [0.25, 0.3) is 5.91 Å². The first kappa shape index (κ1) is 16.0. The monoisotopic (exact) mass is 294 g/mol. The molecule has 2 N–H and O–H groups in total. The maximum atomic E-state index is 12.3. The van der Waals surface area contributed by atoms with Crippen molar-refractivity contribution in [2.75, 3.05) is 26.8 Å². The van der Waals surface area contributed by atoms with Gasteiger partial charge in [0.2, 0.25) is 0 Å². The van der Waals surface area contributed by atoms with Crippen LogP contribution in [0.3, 0.4) is 0 Å². The van der Waals surface area contributed by atoms with Gasteiger partial charge in [-0.25, -0.2) is 0 Å². The molecule has 0 aliphatic carbocycles. The van der Waals surface area contributed by atoms with Crippen LogP contribution in [0.2, 0.25) is 0 Å². The molecule has 0 aromatic carbocycles. The van der Waals surface area contributed by atoms with Gasteiger partial charge < -0.3 is 15.4 Å². The van der Waals surface area contributed by atoms with Crippen molar-refractivity contribution in [2.45, 2.75) is 39.8 Å². The molecule has 1 aliphatic heterocycles. The minimum absolute atomic E-state index is 0.102. The third-order valence-corrected chi connectivity index (χ3v) is 3.73. The SMILES string of the molecule is COCCNC(=O)c1nn(CCC(C)C)c2c1CNCC2. The third-order valence-electron chi connectivity index (χ3n) is 3.73. The predicted octanol–water partition coefficient (Wildman–Crippen LogP) is 0.951. The number of nitrogens with one attached hydrogen (secondary N) is 2. The molecule has 21 heavy (non-hydrogen) atoms. The first-order valence-electron chi connectivity index (χ1n) is 7.70. The summed E-state index contributed by atoms with van der Waals surface area (Å²) >= 11 is 0. The highest BCUT2D eigenvalue weighted by Crippen LogP contribution is 2.19. The van der Waals surface area contributed by atoms with Crippen LogP contribution in [0.4, 0.5) is 0 Å². The second-order valence-electron chi connectivity index (χ2n) is 5.85. The van der Waals surface area contributed by atoms with E-state index >= 15 is 0 Å². The maximum absolute atomic E-state index is 12.3. The van der Waals surface area contributed by atoms with Crippen LogP contribution in [0.15, 0.2) is 0 Å². The molecule has 0 unspecified atom stereocenters. The zero-order valence-electron chi connectivity index (χ0n) is 13.2. The molecule has 0 saturated heterocycles. The number of methoxy groups -OCH3 is 1. The number of hydrogen-bond acceptors (Lipinski definition) is 4. The highest BCUT2D eigenvalue weighted by Gasteiger charge is 2.24. The number of amides is 1. The fourth-order valence-corrected chi connectivity index (χ4v) is 2.52. The molecule has 6 nitrogen and oxygen atoms in total. The van der Waals surface area contributed by atoms with Crippen molar-refractivity contribution in [2.24, 2.45) is 5.92 Å². The Morgan fingerprint density at radius 3 is 3.05 bits per heavy atom. The van der Waals surface area contributed by atoms with E-state index in [0.717, 1.165) is 38.0 Å². The summed E-state index contributed by atoms with van der Waals surface area (Å²) in [5.41, 5.74) is 2.84. The predicted molar refractivity (Wildman–Crippen MR) is 81.3 cm³/mol. The summed E-state index contributed by atoms with van der Waals surface area (Å²) in [6.45, 7) is 7.99. The van der Waals surface area contributed by atoms with E-state index in [1.165, 1.54) is 5.69 Å². The van der Waals surface area contributed by atoms with Crippen LogP contribution in [-0.4, -0.2) is 42.5 Å². The van der Waals surface area contributed by atoms with E-state index in [1.54, 1.807) is 7.11 Å². The lowest BCUT2D eigenvalue weighted by atomic mass is 10.1. The molecule has 0 bridgehead atoms. The molecule has 2 heterocycles. The Morgan fingerprint density at radius 2 is 2.33 bits per heavy atom. The van der Waals surface area contributed by atoms with E-state index in [-0.39, 0.29) is 5.91 Å². The van der Waals surface area contributed by atoms with Crippen molar-refractivity contribution < 1.29 is 9.53 Å². The van der Waals surface area contributed by atoms with E-state index in [9.17, 15) is 4.79 Å². The van der Waals surface area contributed by atoms with Gasteiger partial charge in [-0.1, -0.05) is 13.8 Å². The van der Waals surface area contributed by atoms with Crippen LogP contribution in [0.25, 0.3) is 0 Å². The van der Waals surface area contributed by atoms with Crippen LogP contribution < -0.4 is 10.6 Å². The number of hydrogen-bond donors (Lipinski definition) is 2. The van der Waals surface area contributed by atoms with E-state index in [1.807, 2.05) is 4.68 Å². The molecule has 0 spiro atoms. The number of ether oxygens (including phenoxy) is 1. The van der Waals surface area contributed by atoms with Crippen LogP contribution in [-0.2, 0) is 24.2 Å². The quantitative estimate of drug-likeness (QED) is 0.735. The van der Waals surface area contributed by atoms with Gasteiger partial charge in [0.1, 0.15) is 0 Å². The normalized spacial score (nSPS) is 14.3. The topological polar surface area (TPSA) is 68.2 Å². The number of rotatable bonds is 7. The highest BCUT2D eigenvalue weighted by atomic mass is 16.5. The molecule has 0 fully saturated rings. The van der Waals surface area contributed by atoms with Crippen LogP contribution in [0.1, 0.15) is 42.0 Å². The van der Waals surface area contributed by atoms with Crippen molar-refractivity contribution in [1.29, 1.82) is 0 Å². The van der Waals surface area contributed by atoms with Gasteiger partial charge >= 0.3 is 0 Å². The molecule has 1 amide bonds. The van der Waals surface area contributed by atoms with Crippen LogP contribution in [0, 0.1) is 5.92 Å². The van der Waals surface area contributed by atoms with Gasteiger partial charge in [0.15, 0.2) is 5.69 Å². The van der Waals surface area contributed by atoms with Crippen molar-refractivity contribution in [1.82, 2.24) is 20.4 Å². The summed E-state index contributed by atoms with van der Waals surface area (Å²) in [6, 6.07) is 0. The minimum atomic E-state index is -0.102. The van der Waals surface area contributed by atoms with Crippen molar-refractivity contribution in [3.8, 4) is 0 Å². The lowest BCUT2D eigenvalue weighted by Gasteiger charge is -2.16. The Labute approximate surface area is 126 Å². The molecular weight excluding hydrogens is 268 g/mol. The Balaban J connectivity index is 2.14. The van der Waals surface area contributed by atoms with E-state index in [4.69, 9.17) is 4.74 Å². The summed E-state index contributed by atoms with van der Waals surface area (Å²) in [7, 11) is 1.62. The van der Waals surface area contributed by atoms with Crippen molar-refractivity contribution >= 4 is 5.91 Å². The second kappa shape index (κ2) is 7.56. The number of aryl methyl sites for hydroxylation is 1. The maximum Gasteiger partial charge on any atom is 0.272 e. The molecule has 2 rings (SSSR count). The van der Waals surface area contributed by atoms with Crippen LogP contribution >= 0.6 is 0 Å². The summed E-state index contributed by atoms with van der Waals surface area (Å²) in [4.78, 5) is 12.3. The van der Waals surface area contributed by atoms with Gasteiger partial charge in [-0.05, 0) is 12.3 Å².